The van der Waals surface area contributed by atoms with E-state index in [1.54, 1.807) is 12.1 Å². The number of anilines is 2. The maximum absolute atomic E-state index is 14.1. The normalized spacial score (nSPS) is 16.9. The zero-order valence-electron chi connectivity index (χ0n) is 20.3. The fourth-order valence-electron chi connectivity index (χ4n) is 5.69. The van der Waals surface area contributed by atoms with Crippen molar-refractivity contribution in [3.8, 4) is 11.1 Å². The Kier molecular flexibility index (Phi) is 5.65. The first-order chi connectivity index (χ1) is 17.5. The van der Waals surface area contributed by atoms with Gasteiger partial charge in [-0.15, -0.1) is 0 Å². The third kappa shape index (κ3) is 3.80. The Morgan fingerprint density at radius 3 is 2.22 bits per heavy atom. The number of carbonyl (C=O) groups is 1. The number of nitrogens with zero attached hydrogens (tertiary/aromatic N) is 3. The van der Waals surface area contributed by atoms with Crippen LogP contribution in [0.15, 0.2) is 91.1 Å². The van der Waals surface area contributed by atoms with E-state index in [0.29, 0.717) is 0 Å². The summed E-state index contributed by atoms with van der Waals surface area (Å²) >= 11 is 0. The predicted octanol–water partition coefficient (Wildman–Crippen LogP) is 6.41. The second kappa shape index (κ2) is 8.99. The summed E-state index contributed by atoms with van der Waals surface area (Å²) in [5.41, 5.74) is 6.72. The second-order valence-corrected chi connectivity index (χ2v) is 9.84. The summed E-state index contributed by atoms with van der Waals surface area (Å²) in [7, 11) is 0. The van der Waals surface area contributed by atoms with E-state index in [9.17, 15) is 9.18 Å². The number of benzene rings is 3. The van der Waals surface area contributed by atoms with Crippen molar-refractivity contribution < 1.29 is 9.18 Å². The monoisotopic (exact) mass is 477 g/mol. The van der Waals surface area contributed by atoms with Gasteiger partial charge in [-0.3, -0.25) is 19.6 Å². The summed E-state index contributed by atoms with van der Waals surface area (Å²) in [4.78, 5) is 23.0. The largest absolute Gasteiger partial charge is 0.297 e. The Hall–Kier alpha value is -3.83. The summed E-state index contributed by atoms with van der Waals surface area (Å²) < 4.78 is 13.3. The molecule has 1 fully saturated rings. The number of halogens is 1. The standard InChI is InChI=1S/C31H28FN3O/c1-22-5-4-18-33-28(22)21-34-19-16-31(17-20-34)27-6-2-3-7-29(27)35(30(31)36)26-14-10-24(11-15-26)23-8-12-25(32)13-9-23/h2-15,18H,16-17,19-21H2,1H3. The molecular formula is C31H28FN3O. The van der Waals surface area contributed by atoms with Crippen molar-refractivity contribution in [1.82, 2.24) is 9.88 Å². The van der Waals surface area contributed by atoms with Crippen LogP contribution in [0.3, 0.4) is 0 Å². The molecule has 0 bridgehead atoms. The van der Waals surface area contributed by atoms with Gasteiger partial charge in [0.1, 0.15) is 5.82 Å². The first-order valence-electron chi connectivity index (χ1n) is 12.5. The van der Waals surface area contributed by atoms with Gasteiger partial charge in [0.05, 0.1) is 16.8 Å². The van der Waals surface area contributed by atoms with Crippen LogP contribution in [0.4, 0.5) is 15.8 Å². The Morgan fingerprint density at radius 1 is 0.861 bits per heavy atom. The highest BCUT2D eigenvalue weighted by Crippen LogP contribution is 2.50. The van der Waals surface area contributed by atoms with Crippen LogP contribution in [0, 0.1) is 12.7 Å². The van der Waals surface area contributed by atoms with Crippen molar-refractivity contribution in [2.24, 2.45) is 0 Å². The Bertz CT molecular complexity index is 1410. The number of fused-ring (bicyclic) bond motifs is 2. The molecule has 4 aromatic rings. The topological polar surface area (TPSA) is 36.4 Å². The summed E-state index contributed by atoms with van der Waals surface area (Å²) in [6.45, 7) is 4.62. The molecule has 0 saturated carbocycles. The van der Waals surface area contributed by atoms with Gasteiger partial charge in [0.25, 0.3) is 0 Å². The minimum absolute atomic E-state index is 0.159. The second-order valence-electron chi connectivity index (χ2n) is 9.84. The third-order valence-corrected chi connectivity index (χ3v) is 7.78. The molecule has 1 saturated heterocycles. The highest BCUT2D eigenvalue weighted by atomic mass is 19.1. The minimum Gasteiger partial charge on any atom is -0.297 e. The number of carbonyl (C=O) groups excluding carboxylic acids is 1. The molecule has 5 heteroatoms. The number of para-hydroxylation sites is 1. The van der Waals surface area contributed by atoms with E-state index in [1.807, 2.05) is 53.6 Å². The van der Waals surface area contributed by atoms with E-state index >= 15 is 0 Å². The van der Waals surface area contributed by atoms with Gasteiger partial charge >= 0.3 is 0 Å². The van der Waals surface area contributed by atoms with Gasteiger partial charge in [-0.05, 0) is 91.5 Å². The van der Waals surface area contributed by atoms with Gasteiger partial charge < -0.3 is 0 Å². The van der Waals surface area contributed by atoms with E-state index in [2.05, 4.69) is 35.0 Å². The quantitative estimate of drug-likeness (QED) is 0.341. The molecule has 3 aromatic carbocycles. The Balaban J connectivity index is 1.26. The van der Waals surface area contributed by atoms with E-state index in [0.717, 1.165) is 66.2 Å². The molecule has 0 N–H and O–H groups in total. The molecule has 2 aliphatic rings. The smallest absolute Gasteiger partial charge is 0.242 e. The van der Waals surface area contributed by atoms with Crippen molar-refractivity contribution in [2.75, 3.05) is 18.0 Å². The predicted molar refractivity (Wildman–Crippen MR) is 141 cm³/mol. The highest BCUT2D eigenvalue weighted by molar-refractivity contribution is 6.13. The summed E-state index contributed by atoms with van der Waals surface area (Å²) in [5, 5.41) is 0. The number of hydrogen-bond donors (Lipinski definition) is 0. The van der Waals surface area contributed by atoms with Gasteiger partial charge in [0, 0.05) is 18.4 Å². The zero-order chi connectivity index (χ0) is 24.7. The zero-order valence-corrected chi connectivity index (χ0v) is 20.3. The molecule has 36 heavy (non-hydrogen) atoms. The van der Waals surface area contributed by atoms with Crippen LogP contribution in [0.2, 0.25) is 0 Å². The van der Waals surface area contributed by atoms with Crippen molar-refractivity contribution in [3.63, 3.8) is 0 Å². The highest BCUT2D eigenvalue weighted by Gasteiger charge is 2.52. The Morgan fingerprint density at radius 2 is 1.53 bits per heavy atom. The maximum Gasteiger partial charge on any atom is 0.242 e. The Labute approximate surface area is 211 Å². The number of rotatable bonds is 4. The molecule has 0 atom stereocenters. The van der Waals surface area contributed by atoms with Crippen LogP contribution in [0.25, 0.3) is 11.1 Å². The van der Waals surface area contributed by atoms with Gasteiger partial charge in [-0.25, -0.2) is 4.39 Å². The average molecular weight is 478 g/mol. The molecule has 180 valence electrons. The maximum atomic E-state index is 14.1. The van der Waals surface area contributed by atoms with E-state index in [-0.39, 0.29) is 11.7 Å². The molecule has 1 amide bonds. The number of amides is 1. The van der Waals surface area contributed by atoms with E-state index in [4.69, 9.17) is 0 Å². The van der Waals surface area contributed by atoms with Crippen molar-refractivity contribution in [3.05, 3.63) is 114 Å². The van der Waals surface area contributed by atoms with Crippen LogP contribution < -0.4 is 4.90 Å². The van der Waals surface area contributed by atoms with Crippen molar-refractivity contribution in [2.45, 2.75) is 31.7 Å². The average Bonchev–Trinajstić information content (AvgIpc) is 3.15. The fraction of sp³-hybridized carbons (Fsp3) is 0.226. The van der Waals surface area contributed by atoms with Crippen LogP contribution in [-0.4, -0.2) is 28.9 Å². The number of aromatic nitrogens is 1. The van der Waals surface area contributed by atoms with Gasteiger partial charge in [0.15, 0.2) is 0 Å². The summed E-state index contributed by atoms with van der Waals surface area (Å²) in [6, 6.07) is 26.8. The lowest BCUT2D eigenvalue weighted by Crippen LogP contribution is -2.47. The molecule has 3 heterocycles. The number of hydrogen-bond acceptors (Lipinski definition) is 3. The van der Waals surface area contributed by atoms with Crippen molar-refractivity contribution >= 4 is 17.3 Å². The molecule has 0 unspecified atom stereocenters. The van der Waals surface area contributed by atoms with Crippen molar-refractivity contribution in [1.29, 1.82) is 0 Å². The summed E-state index contributed by atoms with van der Waals surface area (Å²) in [6.07, 6.45) is 3.43. The van der Waals surface area contributed by atoms with Gasteiger partial charge in [0.2, 0.25) is 5.91 Å². The van der Waals surface area contributed by atoms with E-state index in [1.165, 1.54) is 17.7 Å². The minimum atomic E-state index is -0.498. The number of aryl methyl sites for hydroxylation is 1. The first kappa shape index (κ1) is 22.6. The molecule has 0 radical (unpaired) electrons. The number of piperidine rings is 1. The third-order valence-electron chi connectivity index (χ3n) is 7.78. The lowest BCUT2D eigenvalue weighted by molar-refractivity contribution is -0.124. The van der Waals surface area contributed by atoms with E-state index < -0.39 is 5.41 Å². The first-order valence-corrected chi connectivity index (χ1v) is 12.5. The molecule has 4 nitrogen and oxygen atoms in total. The van der Waals surface area contributed by atoms with Crippen LogP contribution in [0.1, 0.15) is 29.7 Å². The van der Waals surface area contributed by atoms with Crippen LogP contribution >= 0.6 is 0 Å². The lowest BCUT2D eigenvalue weighted by Gasteiger charge is -2.38. The van der Waals surface area contributed by atoms with Crippen LogP contribution in [0.5, 0.6) is 0 Å². The molecule has 2 aliphatic heterocycles. The summed E-state index contributed by atoms with van der Waals surface area (Å²) in [5.74, 6) is -0.0898. The van der Waals surface area contributed by atoms with Gasteiger partial charge in [-0.2, -0.15) is 0 Å². The number of likely N-dealkylation sites (tertiary alicyclic amines) is 1. The fourth-order valence-corrected chi connectivity index (χ4v) is 5.69. The van der Waals surface area contributed by atoms with Gasteiger partial charge in [-0.1, -0.05) is 48.5 Å². The van der Waals surface area contributed by atoms with Crippen LogP contribution in [-0.2, 0) is 16.8 Å². The molecular weight excluding hydrogens is 449 g/mol. The molecule has 0 aliphatic carbocycles. The molecule has 6 rings (SSSR count). The SMILES string of the molecule is Cc1cccnc1CN1CCC2(CC1)C(=O)N(c1ccc(-c3ccc(F)cc3)cc1)c1ccccc12. The molecule has 1 aromatic heterocycles. The molecule has 1 spiro atoms. The number of pyridine rings is 1. The lowest BCUT2D eigenvalue weighted by atomic mass is 9.73.